The third kappa shape index (κ3) is 3.19. The van der Waals surface area contributed by atoms with Gasteiger partial charge in [-0.2, -0.15) is 0 Å². The van der Waals surface area contributed by atoms with E-state index in [2.05, 4.69) is 0 Å². The van der Waals surface area contributed by atoms with Crippen LogP contribution in [0, 0.1) is 0 Å². The quantitative estimate of drug-likeness (QED) is 0.634. The first-order valence-electron chi connectivity index (χ1n) is 4.33. The summed E-state index contributed by atoms with van der Waals surface area (Å²) >= 11 is 0. The van der Waals surface area contributed by atoms with Crippen molar-refractivity contribution in [1.82, 2.24) is 4.90 Å². The summed E-state index contributed by atoms with van der Waals surface area (Å²) in [6, 6.07) is 0. The van der Waals surface area contributed by atoms with Gasteiger partial charge in [0, 0.05) is 13.7 Å². The minimum Gasteiger partial charge on any atom is -0.448 e. The molecule has 1 fully saturated rings. The maximum atomic E-state index is 12.0. The Bertz CT molecular complexity index is 187. The van der Waals surface area contributed by atoms with E-state index in [1.54, 1.807) is 7.11 Å². The summed E-state index contributed by atoms with van der Waals surface area (Å²) in [4.78, 5) is 1.41. The zero-order valence-corrected chi connectivity index (χ0v) is 7.90. The first kappa shape index (κ1) is 10.9. The third-order valence-corrected chi connectivity index (χ3v) is 2.47. The molecule has 0 radical (unpaired) electrons. The lowest BCUT2D eigenvalue weighted by molar-refractivity contribution is 0.0157. The Balaban J connectivity index is 2.42. The molecule has 0 bridgehead atoms. The summed E-state index contributed by atoms with van der Waals surface area (Å²) < 4.78 is 41.3. The number of halogens is 3. The molecular weight excluding hydrogens is 182 g/mol. The molecule has 1 heterocycles. The summed E-state index contributed by atoms with van der Waals surface area (Å²) in [5.41, 5.74) is -0.388. The predicted molar refractivity (Wildman–Crippen MR) is 45.5 cm³/mol. The van der Waals surface area contributed by atoms with Crippen LogP contribution in [-0.2, 0) is 4.74 Å². The molecule has 2 nitrogen and oxygen atoms in total. The number of likely N-dealkylation sites (tertiary alicyclic amines) is 1. The van der Waals surface area contributed by atoms with E-state index in [0.29, 0.717) is 19.5 Å². The van der Waals surface area contributed by atoms with Crippen molar-refractivity contribution >= 4 is 6.98 Å². The van der Waals surface area contributed by atoms with E-state index in [9.17, 15) is 12.9 Å². The smallest absolute Gasteiger partial charge is 0.448 e. The van der Waals surface area contributed by atoms with Crippen LogP contribution in [0.1, 0.15) is 13.3 Å². The molecule has 1 atom stereocenters. The van der Waals surface area contributed by atoms with Crippen molar-refractivity contribution in [3.05, 3.63) is 0 Å². The standard InChI is InChI=1S/C7H14BF3NO/c1-7(13-2)3-4-12(5-7)6-8(9,10)11/h3-6H2,1-2H3/q-1. The van der Waals surface area contributed by atoms with Gasteiger partial charge in [-0.05, 0) is 26.3 Å². The minimum atomic E-state index is -4.70. The topological polar surface area (TPSA) is 12.5 Å². The molecule has 1 aliphatic rings. The Hall–Kier alpha value is -0.225. The van der Waals surface area contributed by atoms with Gasteiger partial charge in [-0.1, -0.05) is 0 Å². The fourth-order valence-corrected chi connectivity index (χ4v) is 1.64. The Labute approximate surface area is 76.1 Å². The van der Waals surface area contributed by atoms with Gasteiger partial charge in [0.05, 0.1) is 5.60 Å². The number of ether oxygens (including phenoxy) is 1. The molecule has 0 aromatic carbocycles. The Morgan fingerprint density at radius 3 is 2.46 bits per heavy atom. The van der Waals surface area contributed by atoms with Crippen LogP contribution in [0.5, 0.6) is 0 Å². The van der Waals surface area contributed by atoms with Crippen LogP contribution >= 0.6 is 0 Å². The second kappa shape index (κ2) is 3.50. The van der Waals surface area contributed by atoms with Crippen LogP contribution in [0.15, 0.2) is 0 Å². The molecule has 0 N–H and O–H groups in total. The second-order valence-electron chi connectivity index (χ2n) is 3.85. The van der Waals surface area contributed by atoms with E-state index < -0.39 is 13.4 Å². The average molecular weight is 196 g/mol. The minimum absolute atomic E-state index is 0.380. The summed E-state index contributed by atoms with van der Waals surface area (Å²) in [5, 5.41) is 0. The molecule has 0 saturated carbocycles. The molecule has 1 unspecified atom stereocenters. The maximum absolute atomic E-state index is 12.0. The maximum Gasteiger partial charge on any atom is 0.492 e. The van der Waals surface area contributed by atoms with Gasteiger partial charge in [-0.25, -0.2) is 0 Å². The Morgan fingerprint density at radius 2 is 2.08 bits per heavy atom. The normalized spacial score (nSPS) is 31.2. The number of nitrogens with zero attached hydrogens (tertiary/aromatic N) is 1. The van der Waals surface area contributed by atoms with Gasteiger partial charge in [0.25, 0.3) is 0 Å². The number of rotatable bonds is 3. The van der Waals surface area contributed by atoms with E-state index in [4.69, 9.17) is 4.74 Å². The summed E-state index contributed by atoms with van der Waals surface area (Å²) in [6.07, 6.45) is -0.0887. The van der Waals surface area contributed by atoms with E-state index in [1.807, 2.05) is 6.92 Å². The highest BCUT2D eigenvalue weighted by atomic mass is 19.4. The van der Waals surface area contributed by atoms with Crippen molar-refractivity contribution in [2.45, 2.75) is 18.9 Å². The number of methoxy groups -OCH3 is 1. The molecule has 78 valence electrons. The Morgan fingerprint density at radius 1 is 1.46 bits per heavy atom. The van der Waals surface area contributed by atoms with Gasteiger partial charge >= 0.3 is 6.98 Å². The van der Waals surface area contributed by atoms with E-state index >= 15 is 0 Å². The van der Waals surface area contributed by atoms with Crippen LogP contribution in [0.4, 0.5) is 12.9 Å². The van der Waals surface area contributed by atoms with Gasteiger partial charge in [-0.3, -0.25) is 0 Å². The van der Waals surface area contributed by atoms with Crippen molar-refractivity contribution in [2.75, 3.05) is 26.6 Å². The lowest BCUT2D eigenvalue weighted by atomic mass is 9.91. The number of hydrogen-bond acceptors (Lipinski definition) is 2. The van der Waals surface area contributed by atoms with Crippen molar-refractivity contribution in [3.63, 3.8) is 0 Å². The monoisotopic (exact) mass is 196 g/mol. The predicted octanol–water partition coefficient (Wildman–Crippen LogP) is 1.48. The van der Waals surface area contributed by atoms with Gasteiger partial charge in [0.2, 0.25) is 0 Å². The largest absolute Gasteiger partial charge is 0.492 e. The fourth-order valence-electron chi connectivity index (χ4n) is 1.64. The molecule has 0 amide bonds. The van der Waals surface area contributed by atoms with Crippen LogP contribution in [-0.4, -0.2) is 44.1 Å². The zero-order valence-electron chi connectivity index (χ0n) is 7.90. The van der Waals surface area contributed by atoms with E-state index in [0.717, 1.165) is 0 Å². The average Bonchev–Trinajstić information content (AvgIpc) is 2.30. The van der Waals surface area contributed by atoms with Crippen LogP contribution in [0.3, 0.4) is 0 Å². The Kier molecular flexibility index (Phi) is 2.92. The molecule has 1 rings (SSSR count). The lowest BCUT2D eigenvalue weighted by Crippen LogP contribution is -2.39. The van der Waals surface area contributed by atoms with E-state index in [-0.39, 0.29) is 5.60 Å². The van der Waals surface area contributed by atoms with Crippen molar-refractivity contribution in [1.29, 1.82) is 0 Å². The van der Waals surface area contributed by atoms with Gasteiger partial charge in [-0.15, -0.1) is 0 Å². The lowest BCUT2D eigenvalue weighted by Gasteiger charge is -2.26. The first-order valence-corrected chi connectivity index (χ1v) is 4.33. The molecule has 0 aromatic rings. The molecular formula is C7H14BF3NO-. The molecule has 13 heavy (non-hydrogen) atoms. The molecule has 0 aromatic heterocycles. The highest BCUT2D eigenvalue weighted by Crippen LogP contribution is 2.25. The van der Waals surface area contributed by atoms with Gasteiger partial charge in [0.1, 0.15) is 0 Å². The van der Waals surface area contributed by atoms with Crippen molar-refractivity contribution < 1.29 is 17.7 Å². The fraction of sp³-hybridized carbons (Fsp3) is 1.00. The van der Waals surface area contributed by atoms with Crippen LogP contribution in [0.2, 0.25) is 0 Å². The second-order valence-corrected chi connectivity index (χ2v) is 3.85. The molecule has 0 aliphatic carbocycles. The van der Waals surface area contributed by atoms with E-state index in [1.165, 1.54) is 4.90 Å². The first-order chi connectivity index (χ1) is 5.85. The summed E-state index contributed by atoms with van der Waals surface area (Å²) in [5.74, 6) is 0. The highest BCUT2D eigenvalue weighted by Gasteiger charge is 2.37. The van der Waals surface area contributed by atoms with Gasteiger partial charge < -0.3 is 22.6 Å². The summed E-state index contributed by atoms with van der Waals surface area (Å²) in [6.45, 7) is -2.00. The van der Waals surface area contributed by atoms with Crippen LogP contribution < -0.4 is 0 Å². The molecule has 1 saturated heterocycles. The van der Waals surface area contributed by atoms with Crippen molar-refractivity contribution in [2.24, 2.45) is 0 Å². The molecule has 0 spiro atoms. The molecule has 1 aliphatic heterocycles. The SMILES string of the molecule is COC1(C)CCN(C[B-](F)(F)F)C1. The molecule has 6 heteroatoms. The van der Waals surface area contributed by atoms with Crippen LogP contribution in [0.25, 0.3) is 0 Å². The number of hydrogen-bond donors (Lipinski definition) is 0. The highest BCUT2D eigenvalue weighted by molar-refractivity contribution is 6.58. The summed E-state index contributed by atoms with van der Waals surface area (Å²) in [7, 11) is 1.54. The van der Waals surface area contributed by atoms with Crippen molar-refractivity contribution in [3.8, 4) is 0 Å². The zero-order chi connectivity index (χ0) is 10.1. The van der Waals surface area contributed by atoms with Gasteiger partial charge in [0.15, 0.2) is 0 Å². The third-order valence-electron chi connectivity index (χ3n) is 2.47.